The number of unbranched alkanes of at least 4 members (excludes halogenated alkanes) is 1. The van der Waals surface area contributed by atoms with E-state index in [4.69, 9.17) is 14.6 Å². The van der Waals surface area contributed by atoms with Crippen LogP contribution in [0.1, 0.15) is 25.3 Å². The summed E-state index contributed by atoms with van der Waals surface area (Å²) >= 11 is 1.32. The van der Waals surface area contributed by atoms with Gasteiger partial charge in [-0.05, 0) is 48.7 Å². The fourth-order valence-corrected chi connectivity index (χ4v) is 4.87. The van der Waals surface area contributed by atoms with Crippen molar-refractivity contribution >= 4 is 38.7 Å². The van der Waals surface area contributed by atoms with Crippen molar-refractivity contribution in [2.45, 2.75) is 42.8 Å². The van der Waals surface area contributed by atoms with Gasteiger partial charge in [-0.1, -0.05) is 31.2 Å². The number of carbonyl (C=O) groups excluding carboxylic acids is 1. The standard InChI is InChI=1S/C23H30N4O5S2/c1-4-5-12-27-19-8-7-17(34(24,29)30)14-18(19)26-23(27)33-15-22(28)25-11-10-16-6-9-20(31-2)21(13-16)32-3/h6-9,13-14H,4-5,10-12,15H2,1-3H3,(H,25,28)(H2,24,29,30). The topological polar surface area (TPSA) is 126 Å². The van der Waals surface area contributed by atoms with Gasteiger partial charge in [-0.15, -0.1) is 0 Å². The predicted molar refractivity (Wildman–Crippen MR) is 133 cm³/mol. The van der Waals surface area contributed by atoms with Crippen molar-refractivity contribution in [2.24, 2.45) is 5.14 Å². The molecule has 1 amide bonds. The molecule has 0 radical (unpaired) electrons. The molecule has 1 aromatic heterocycles. The minimum Gasteiger partial charge on any atom is -0.493 e. The highest BCUT2D eigenvalue weighted by Crippen LogP contribution is 2.28. The van der Waals surface area contributed by atoms with Gasteiger partial charge in [-0.25, -0.2) is 18.5 Å². The van der Waals surface area contributed by atoms with Crippen LogP contribution in [0.25, 0.3) is 11.0 Å². The zero-order valence-electron chi connectivity index (χ0n) is 19.5. The number of nitrogens with two attached hydrogens (primary N) is 1. The molecule has 3 aromatic rings. The van der Waals surface area contributed by atoms with Gasteiger partial charge in [-0.3, -0.25) is 4.79 Å². The Morgan fingerprint density at radius 2 is 1.91 bits per heavy atom. The van der Waals surface area contributed by atoms with Crippen molar-refractivity contribution in [1.82, 2.24) is 14.9 Å². The number of nitrogens with one attached hydrogen (secondary N) is 1. The minimum atomic E-state index is -3.82. The van der Waals surface area contributed by atoms with E-state index >= 15 is 0 Å². The van der Waals surface area contributed by atoms with Crippen LogP contribution < -0.4 is 19.9 Å². The van der Waals surface area contributed by atoms with Crippen molar-refractivity contribution in [3.8, 4) is 11.5 Å². The quantitative estimate of drug-likeness (QED) is 0.362. The van der Waals surface area contributed by atoms with Gasteiger partial charge in [-0.2, -0.15) is 0 Å². The molecule has 184 valence electrons. The summed E-state index contributed by atoms with van der Waals surface area (Å²) < 4.78 is 36.0. The second-order valence-electron chi connectivity index (χ2n) is 7.67. The highest BCUT2D eigenvalue weighted by Gasteiger charge is 2.16. The first-order chi connectivity index (χ1) is 16.3. The fraction of sp³-hybridized carbons (Fsp3) is 0.391. The first-order valence-corrected chi connectivity index (χ1v) is 13.4. The van der Waals surface area contributed by atoms with E-state index in [-0.39, 0.29) is 16.6 Å². The smallest absolute Gasteiger partial charge is 0.238 e. The predicted octanol–water partition coefficient (Wildman–Crippen LogP) is 2.95. The van der Waals surface area contributed by atoms with Crippen LogP contribution >= 0.6 is 11.8 Å². The lowest BCUT2D eigenvalue weighted by Crippen LogP contribution is -2.27. The van der Waals surface area contributed by atoms with Gasteiger partial charge >= 0.3 is 0 Å². The molecule has 0 spiro atoms. The lowest BCUT2D eigenvalue weighted by molar-refractivity contribution is -0.118. The van der Waals surface area contributed by atoms with Crippen LogP contribution in [0.5, 0.6) is 11.5 Å². The summed E-state index contributed by atoms with van der Waals surface area (Å²) in [5, 5.41) is 8.86. The molecule has 0 aliphatic carbocycles. The molecule has 0 saturated heterocycles. The highest BCUT2D eigenvalue weighted by atomic mass is 32.2. The van der Waals surface area contributed by atoms with E-state index in [1.807, 2.05) is 22.8 Å². The summed E-state index contributed by atoms with van der Waals surface area (Å²) in [5.41, 5.74) is 2.38. The molecule has 0 saturated carbocycles. The van der Waals surface area contributed by atoms with Crippen LogP contribution in [0.3, 0.4) is 0 Å². The largest absolute Gasteiger partial charge is 0.493 e. The average molecular weight is 507 g/mol. The van der Waals surface area contributed by atoms with Crippen LogP contribution in [-0.4, -0.2) is 50.4 Å². The average Bonchev–Trinajstić information content (AvgIpc) is 3.17. The molecule has 0 aliphatic heterocycles. The van der Waals surface area contributed by atoms with Crippen LogP contribution in [0.15, 0.2) is 46.5 Å². The number of primary sulfonamides is 1. The second-order valence-corrected chi connectivity index (χ2v) is 10.2. The molecule has 0 bridgehead atoms. The number of hydrogen-bond donors (Lipinski definition) is 2. The van der Waals surface area contributed by atoms with Gasteiger partial charge in [0, 0.05) is 13.1 Å². The number of methoxy groups -OCH3 is 2. The number of thioether (sulfide) groups is 1. The van der Waals surface area contributed by atoms with E-state index in [1.54, 1.807) is 20.3 Å². The zero-order valence-corrected chi connectivity index (χ0v) is 21.2. The Balaban J connectivity index is 1.63. The normalized spacial score (nSPS) is 11.5. The van der Waals surface area contributed by atoms with Gasteiger partial charge in [0.15, 0.2) is 16.7 Å². The van der Waals surface area contributed by atoms with Crippen molar-refractivity contribution in [1.29, 1.82) is 0 Å². The Labute approximate surface area is 204 Å². The van der Waals surface area contributed by atoms with E-state index in [0.717, 1.165) is 30.5 Å². The number of rotatable bonds is 12. The number of amides is 1. The Morgan fingerprint density at radius 1 is 1.15 bits per heavy atom. The van der Waals surface area contributed by atoms with Crippen LogP contribution in [0, 0.1) is 0 Å². The Bertz CT molecular complexity index is 1260. The molecule has 0 aliphatic rings. The second kappa shape index (κ2) is 11.6. The molecule has 11 heteroatoms. The number of carbonyl (C=O) groups is 1. The zero-order chi connectivity index (χ0) is 24.7. The first kappa shape index (κ1) is 25.9. The Hall–Kier alpha value is -2.76. The van der Waals surface area contributed by atoms with Crippen molar-refractivity contribution < 1.29 is 22.7 Å². The van der Waals surface area contributed by atoms with Gasteiger partial charge in [0.05, 0.1) is 35.9 Å². The molecule has 0 fully saturated rings. The van der Waals surface area contributed by atoms with Crippen LogP contribution in [0.2, 0.25) is 0 Å². The van der Waals surface area contributed by atoms with E-state index < -0.39 is 10.0 Å². The molecular weight excluding hydrogens is 476 g/mol. The Morgan fingerprint density at radius 3 is 2.59 bits per heavy atom. The van der Waals surface area contributed by atoms with E-state index in [1.165, 1.54) is 23.9 Å². The Kier molecular flexibility index (Phi) is 8.81. The third-order valence-electron chi connectivity index (χ3n) is 5.26. The van der Waals surface area contributed by atoms with Gasteiger partial charge in [0.25, 0.3) is 0 Å². The van der Waals surface area contributed by atoms with E-state index in [9.17, 15) is 13.2 Å². The van der Waals surface area contributed by atoms with Crippen molar-refractivity contribution in [2.75, 3.05) is 26.5 Å². The highest BCUT2D eigenvalue weighted by molar-refractivity contribution is 7.99. The number of ether oxygens (including phenoxy) is 2. The first-order valence-electron chi connectivity index (χ1n) is 10.9. The number of nitrogens with zero attached hydrogens (tertiary/aromatic N) is 2. The molecular formula is C23H30N4O5S2. The molecule has 1 heterocycles. The number of benzene rings is 2. The summed E-state index contributed by atoms with van der Waals surface area (Å²) in [6.45, 7) is 3.31. The monoisotopic (exact) mass is 506 g/mol. The van der Waals surface area contributed by atoms with E-state index in [0.29, 0.717) is 35.1 Å². The molecule has 3 N–H and O–H groups in total. The van der Waals surface area contributed by atoms with Crippen molar-refractivity contribution in [3.05, 3.63) is 42.0 Å². The third-order valence-corrected chi connectivity index (χ3v) is 7.15. The van der Waals surface area contributed by atoms with Gasteiger partial charge in [0.1, 0.15) is 0 Å². The van der Waals surface area contributed by atoms with Crippen LogP contribution in [-0.2, 0) is 27.8 Å². The number of imidazole rings is 1. The number of hydrogen-bond acceptors (Lipinski definition) is 7. The van der Waals surface area contributed by atoms with Gasteiger partial charge in [0.2, 0.25) is 15.9 Å². The molecule has 34 heavy (non-hydrogen) atoms. The van der Waals surface area contributed by atoms with Gasteiger partial charge < -0.3 is 19.4 Å². The number of aromatic nitrogens is 2. The minimum absolute atomic E-state index is 0.0181. The molecule has 9 nitrogen and oxygen atoms in total. The van der Waals surface area contributed by atoms with E-state index in [2.05, 4.69) is 17.2 Å². The maximum atomic E-state index is 12.4. The third kappa shape index (κ3) is 6.43. The van der Waals surface area contributed by atoms with Crippen molar-refractivity contribution in [3.63, 3.8) is 0 Å². The maximum Gasteiger partial charge on any atom is 0.238 e. The fourth-order valence-electron chi connectivity index (χ4n) is 3.47. The maximum absolute atomic E-state index is 12.4. The number of aryl methyl sites for hydroxylation is 1. The summed E-state index contributed by atoms with van der Waals surface area (Å²) in [6.07, 6.45) is 2.59. The lowest BCUT2D eigenvalue weighted by Gasteiger charge is -2.10. The lowest BCUT2D eigenvalue weighted by atomic mass is 10.1. The molecule has 2 aromatic carbocycles. The van der Waals surface area contributed by atoms with Crippen LogP contribution in [0.4, 0.5) is 0 Å². The number of sulfonamides is 1. The molecule has 3 rings (SSSR count). The summed E-state index contributed by atoms with van der Waals surface area (Å²) in [6, 6.07) is 10.3. The molecule has 0 unspecified atom stereocenters. The SMILES string of the molecule is CCCCn1c(SCC(=O)NCCc2ccc(OC)c(OC)c2)nc2cc(S(N)(=O)=O)ccc21. The number of fused-ring (bicyclic) bond motifs is 1. The summed E-state index contributed by atoms with van der Waals surface area (Å²) in [5.74, 6) is 1.40. The summed E-state index contributed by atoms with van der Waals surface area (Å²) in [7, 11) is -0.641. The summed E-state index contributed by atoms with van der Waals surface area (Å²) in [4.78, 5) is 17.0. The molecule has 0 atom stereocenters.